The maximum absolute atomic E-state index is 6.20. The molecule has 0 saturated carbocycles. The Labute approximate surface area is 126 Å². The van der Waals surface area contributed by atoms with Gasteiger partial charge in [-0.05, 0) is 19.1 Å². The number of benzene rings is 2. The summed E-state index contributed by atoms with van der Waals surface area (Å²) >= 11 is 12.1. The first-order valence-electron chi connectivity index (χ1n) is 6.12. The number of ether oxygens (including phenoxy) is 1. The lowest BCUT2D eigenvalue weighted by Crippen LogP contribution is -1.90. The zero-order valence-electron chi connectivity index (χ0n) is 10.7. The van der Waals surface area contributed by atoms with Gasteiger partial charge in [-0.3, -0.25) is 0 Å². The van der Waals surface area contributed by atoms with Gasteiger partial charge in [0.05, 0.1) is 0 Å². The van der Waals surface area contributed by atoms with E-state index >= 15 is 0 Å². The van der Waals surface area contributed by atoms with Gasteiger partial charge in [0.1, 0.15) is 16.7 Å². The molecule has 0 fully saturated rings. The second-order valence-electron chi connectivity index (χ2n) is 4.47. The van der Waals surface area contributed by atoms with E-state index in [0.717, 1.165) is 22.1 Å². The highest BCUT2D eigenvalue weighted by Gasteiger charge is 2.08. The van der Waals surface area contributed by atoms with E-state index in [0.29, 0.717) is 15.9 Å². The summed E-state index contributed by atoms with van der Waals surface area (Å²) in [6.45, 7) is 1.93. The van der Waals surface area contributed by atoms with Gasteiger partial charge in [0.2, 0.25) is 0 Å². The molecule has 0 aliphatic rings. The highest BCUT2D eigenvalue weighted by atomic mass is 35.5. The monoisotopic (exact) mass is 303 g/mol. The van der Waals surface area contributed by atoms with Crippen LogP contribution in [0.4, 0.5) is 0 Å². The number of fused-ring (bicyclic) bond motifs is 1. The van der Waals surface area contributed by atoms with Crippen LogP contribution in [0.1, 0.15) is 5.56 Å². The SMILES string of the molecule is Cc1cnc(Cl)cc1Oc1ccc(Cl)c2ccccc12. The van der Waals surface area contributed by atoms with Gasteiger partial charge >= 0.3 is 0 Å². The van der Waals surface area contributed by atoms with Crippen LogP contribution in [0.15, 0.2) is 48.7 Å². The third-order valence-corrected chi connectivity index (χ3v) is 3.61. The molecule has 0 unspecified atom stereocenters. The van der Waals surface area contributed by atoms with E-state index in [-0.39, 0.29) is 0 Å². The molecule has 0 radical (unpaired) electrons. The van der Waals surface area contributed by atoms with Crippen molar-refractivity contribution in [2.45, 2.75) is 6.92 Å². The lowest BCUT2D eigenvalue weighted by atomic mass is 10.1. The van der Waals surface area contributed by atoms with Gasteiger partial charge in [-0.15, -0.1) is 0 Å². The van der Waals surface area contributed by atoms with E-state index in [9.17, 15) is 0 Å². The Balaban J connectivity index is 2.11. The van der Waals surface area contributed by atoms with Crippen molar-refractivity contribution in [3.8, 4) is 11.5 Å². The number of aromatic nitrogens is 1. The smallest absolute Gasteiger partial charge is 0.135 e. The molecule has 0 aliphatic carbocycles. The zero-order chi connectivity index (χ0) is 14.1. The topological polar surface area (TPSA) is 22.1 Å². The highest BCUT2D eigenvalue weighted by Crippen LogP contribution is 2.35. The number of hydrogen-bond acceptors (Lipinski definition) is 2. The molecule has 0 amide bonds. The van der Waals surface area contributed by atoms with Gasteiger partial charge in [0.15, 0.2) is 0 Å². The van der Waals surface area contributed by atoms with E-state index in [4.69, 9.17) is 27.9 Å². The third-order valence-electron chi connectivity index (χ3n) is 3.07. The van der Waals surface area contributed by atoms with Crippen molar-refractivity contribution < 1.29 is 4.74 Å². The zero-order valence-corrected chi connectivity index (χ0v) is 12.2. The summed E-state index contributed by atoms with van der Waals surface area (Å²) in [5.41, 5.74) is 0.924. The fourth-order valence-electron chi connectivity index (χ4n) is 2.03. The molecular formula is C16H11Cl2NO. The first kappa shape index (κ1) is 13.2. The van der Waals surface area contributed by atoms with Crippen LogP contribution in [0.5, 0.6) is 11.5 Å². The molecule has 3 rings (SSSR count). The molecule has 0 aliphatic heterocycles. The Hall–Kier alpha value is -1.77. The van der Waals surface area contributed by atoms with Gasteiger partial charge in [-0.25, -0.2) is 4.98 Å². The molecule has 1 heterocycles. The second-order valence-corrected chi connectivity index (χ2v) is 5.26. The van der Waals surface area contributed by atoms with E-state index in [1.54, 1.807) is 12.3 Å². The predicted octanol–water partition coefficient (Wildman–Crippen LogP) is 5.64. The standard InChI is InChI=1S/C16H11Cl2NO/c1-10-9-19-16(18)8-15(10)20-14-7-6-13(17)11-4-2-3-5-12(11)14/h2-9H,1H3. The minimum Gasteiger partial charge on any atom is -0.456 e. The van der Waals surface area contributed by atoms with E-state index in [1.807, 2.05) is 43.3 Å². The number of rotatable bonds is 2. The maximum Gasteiger partial charge on any atom is 0.135 e. The normalized spacial score (nSPS) is 10.8. The molecule has 0 spiro atoms. The molecule has 2 aromatic carbocycles. The summed E-state index contributed by atoms with van der Waals surface area (Å²) in [4.78, 5) is 4.02. The molecule has 4 heteroatoms. The van der Waals surface area contributed by atoms with Crippen molar-refractivity contribution in [1.82, 2.24) is 4.98 Å². The van der Waals surface area contributed by atoms with Crippen molar-refractivity contribution in [2.24, 2.45) is 0 Å². The van der Waals surface area contributed by atoms with Crippen LogP contribution in [0, 0.1) is 6.92 Å². The van der Waals surface area contributed by atoms with Crippen molar-refractivity contribution in [3.05, 3.63) is 64.4 Å². The fraction of sp³-hybridized carbons (Fsp3) is 0.0625. The summed E-state index contributed by atoms with van der Waals surface area (Å²) in [5.74, 6) is 1.44. The van der Waals surface area contributed by atoms with Crippen LogP contribution in [-0.2, 0) is 0 Å². The highest BCUT2D eigenvalue weighted by molar-refractivity contribution is 6.35. The Kier molecular flexibility index (Phi) is 3.51. The van der Waals surface area contributed by atoms with Gasteiger partial charge in [0, 0.05) is 33.6 Å². The largest absolute Gasteiger partial charge is 0.456 e. The van der Waals surface area contributed by atoms with Crippen molar-refractivity contribution >= 4 is 34.0 Å². The van der Waals surface area contributed by atoms with Crippen LogP contribution >= 0.6 is 23.2 Å². The average Bonchev–Trinajstić information content (AvgIpc) is 2.46. The van der Waals surface area contributed by atoms with Gasteiger partial charge in [0.25, 0.3) is 0 Å². The van der Waals surface area contributed by atoms with E-state index in [2.05, 4.69) is 4.98 Å². The summed E-state index contributed by atoms with van der Waals surface area (Å²) < 4.78 is 5.98. The van der Waals surface area contributed by atoms with Gasteiger partial charge < -0.3 is 4.74 Å². The molecule has 0 bridgehead atoms. The minimum absolute atomic E-state index is 0.406. The minimum atomic E-state index is 0.406. The van der Waals surface area contributed by atoms with E-state index in [1.165, 1.54) is 0 Å². The van der Waals surface area contributed by atoms with Gasteiger partial charge in [-0.2, -0.15) is 0 Å². The molecule has 2 nitrogen and oxygen atoms in total. The molecule has 0 atom stereocenters. The van der Waals surface area contributed by atoms with Crippen molar-refractivity contribution in [1.29, 1.82) is 0 Å². The number of hydrogen-bond donors (Lipinski definition) is 0. The lowest BCUT2D eigenvalue weighted by molar-refractivity contribution is 0.483. The van der Waals surface area contributed by atoms with Crippen LogP contribution in [0.2, 0.25) is 10.2 Å². The molecule has 100 valence electrons. The van der Waals surface area contributed by atoms with Crippen LogP contribution in [-0.4, -0.2) is 4.98 Å². The maximum atomic E-state index is 6.20. The second kappa shape index (κ2) is 5.31. The first-order valence-corrected chi connectivity index (χ1v) is 6.88. The van der Waals surface area contributed by atoms with Crippen LogP contribution in [0.25, 0.3) is 10.8 Å². The number of nitrogens with zero attached hydrogens (tertiary/aromatic N) is 1. The molecule has 1 aromatic heterocycles. The summed E-state index contributed by atoms with van der Waals surface area (Å²) in [6.07, 6.45) is 1.69. The molecule has 20 heavy (non-hydrogen) atoms. The summed E-state index contributed by atoms with van der Waals surface area (Å²) in [5, 5.41) is 3.04. The third kappa shape index (κ3) is 2.45. The molecule has 0 N–H and O–H groups in total. The molecular weight excluding hydrogens is 293 g/mol. The van der Waals surface area contributed by atoms with Crippen molar-refractivity contribution in [3.63, 3.8) is 0 Å². The van der Waals surface area contributed by atoms with E-state index < -0.39 is 0 Å². The fourth-order valence-corrected chi connectivity index (χ4v) is 2.41. The predicted molar refractivity (Wildman–Crippen MR) is 83.0 cm³/mol. The number of halogens is 2. The summed E-state index contributed by atoms with van der Waals surface area (Å²) in [6, 6.07) is 13.3. The van der Waals surface area contributed by atoms with Crippen molar-refractivity contribution in [2.75, 3.05) is 0 Å². The Morgan fingerprint density at radius 3 is 2.50 bits per heavy atom. The van der Waals surface area contributed by atoms with Crippen LogP contribution in [0.3, 0.4) is 0 Å². The number of aryl methyl sites for hydroxylation is 1. The Morgan fingerprint density at radius 2 is 1.70 bits per heavy atom. The van der Waals surface area contributed by atoms with Gasteiger partial charge in [-0.1, -0.05) is 47.5 Å². The van der Waals surface area contributed by atoms with Crippen LogP contribution < -0.4 is 4.74 Å². The lowest BCUT2D eigenvalue weighted by Gasteiger charge is -2.12. The quantitative estimate of drug-likeness (QED) is 0.571. The molecule has 3 aromatic rings. The molecule has 0 saturated heterocycles. The average molecular weight is 304 g/mol. The Bertz CT molecular complexity index is 787. The summed E-state index contributed by atoms with van der Waals surface area (Å²) in [7, 11) is 0. The first-order chi connectivity index (χ1) is 9.65. The Morgan fingerprint density at radius 1 is 0.950 bits per heavy atom. The number of pyridine rings is 1.